The van der Waals surface area contributed by atoms with Crippen LogP contribution in [0.25, 0.3) is 0 Å². The van der Waals surface area contributed by atoms with Gasteiger partial charge in [-0.1, -0.05) is 35.5 Å². The zero-order valence-electron chi connectivity index (χ0n) is 28.2. The van der Waals surface area contributed by atoms with Crippen molar-refractivity contribution in [3.63, 3.8) is 0 Å². The third-order valence-corrected chi connectivity index (χ3v) is 10.6. The number of hydrogen-bond donors (Lipinski definition) is 6. The topological polar surface area (TPSA) is 235 Å². The molecule has 3 aliphatic heterocycles. The SMILES string of the molecule is CC1(N)CCN(c2cnc(Sc3cccc(NC(=O)CC(=O)NCCNc4cccc5c4C(=O)N(C4CCC(=O)NC4=O)C5=O)c3Cl)c(N)n2)CC1. The monoisotopic (exact) mass is 748 g/mol. The van der Waals surface area contributed by atoms with Gasteiger partial charge in [0, 0.05) is 48.7 Å². The Balaban J connectivity index is 0.984. The van der Waals surface area contributed by atoms with Crippen LogP contribution in [0.3, 0.4) is 0 Å². The molecule has 3 aromatic rings. The predicted molar refractivity (Wildman–Crippen MR) is 194 cm³/mol. The molecule has 3 aliphatic rings. The molecule has 2 aromatic carbocycles. The Morgan fingerprint density at radius 3 is 2.50 bits per heavy atom. The third kappa shape index (κ3) is 7.95. The molecule has 0 radical (unpaired) electrons. The van der Waals surface area contributed by atoms with E-state index >= 15 is 0 Å². The molecule has 6 rings (SSSR count). The Labute approximate surface area is 307 Å². The lowest BCUT2D eigenvalue weighted by atomic mass is 9.91. The molecule has 272 valence electrons. The number of benzene rings is 2. The molecule has 1 unspecified atom stereocenters. The molecule has 1 atom stereocenters. The van der Waals surface area contributed by atoms with E-state index in [1.54, 1.807) is 36.5 Å². The number of aromatic nitrogens is 2. The number of carbonyl (C=O) groups excluding carboxylic acids is 6. The zero-order chi connectivity index (χ0) is 37.2. The number of amides is 6. The summed E-state index contributed by atoms with van der Waals surface area (Å²) in [5, 5.41) is 11.2. The second kappa shape index (κ2) is 15.1. The minimum Gasteiger partial charge on any atom is -0.383 e. The summed E-state index contributed by atoms with van der Waals surface area (Å²) in [6.45, 7) is 3.80. The highest BCUT2D eigenvalue weighted by Crippen LogP contribution is 2.39. The quantitative estimate of drug-likeness (QED) is 0.0938. The summed E-state index contributed by atoms with van der Waals surface area (Å²) < 4.78 is 0. The second-order valence-electron chi connectivity index (χ2n) is 13.0. The van der Waals surface area contributed by atoms with Crippen LogP contribution < -0.4 is 37.6 Å². The molecule has 2 saturated heterocycles. The number of piperidine rings is 2. The molecule has 18 heteroatoms. The maximum atomic E-state index is 13.3. The molecule has 0 bridgehead atoms. The van der Waals surface area contributed by atoms with Crippen LogP contribution in [0, 0.1) is 0 Å². The predicted octanol–water partition coefficient (Wildman–Crippen LogP) is 2.14. The van der Waals surface area contributed by atoms with Crippen molar-refractivity contribution >= 4 is 81.8 Å². The van der Waals surface area contributed by atoms with Crippen LogP contribution in [-0.2, 0) is 19.2 Å². The molecule has 6 amide bonds. The first-order valence-corrected chi connectivity index (χ1v) is 17.8. The largest absolute Gasteiger partial charge is 0.383 e. The number of imide groups is 2. The third-order valence-electron chi connectivity index (χ3n) is 8.98. The van der Waals surface area contributed by atoms with Crippen LogP contribution in [0.1, 0.15) is 59.7 Å². The van der Waals surface area contributed by atoms with Crippen molar-refractivity contribution in [3.05, 3.63) is 58.7 Å². The fraction of sp³-hybridized carbons (Fsp3) is 0.353. The fourth-order valence-corrected chi connectivity index (χ4v) is 7.21. The zero-order valence-corrected chi connectivity index (χ0v) is 29.7. The Bertz CT molecular complexity index is 1970. The number of nitrogens with one attached hydrogen (secondary N) is 4. The number of nitrogens with zero attached hydrogens (tertiary/aromatic N) is 4. The number of hydrogen-bond acceptors (Lipinski definition) is 13. The van der Waals surface area contributed by atoms with Crippen LogP contribution in [0.15, 0.2) is 52.5 Å². The second-order valence-corrected chi connectivity index (χ2v) is 14.4. The average Bonchev–Trinajstić information content (AvgIpc) is 3.35. The van der Waals surface area contributed by atoms with Crippen molar-refractivity contribution in [2.24, 2.45) is 5.73 Å². The smallest absolute Gasteiger partial charge is 0.264 e. The van der Waals surface area contributed by atoms with Crippen molar-refractivity contribution in [1.82, 2.24) is 25.5 Å². The molecule has 8 N–H and O–H groups in total. The summed E-state index contributed by atoms with van der Waals surface area (Å²) in [7, 11) is 0. The van der Waals surface area contributed by atoms with Gasteiger partial charge in [0.15, 0.2) is 5.82 Å². The summed E-state index contributed by atoms with van der Waals surface area (Å²) in [5.41, 5.74) is 13.2. The van der Waals surface area contributed by atoms with Gasteiger partial charge in [-0.2, -0.15) is 0 Å². The number of nitrogens with two attached hydrogens (primary N) is 2. The summed E-state index contributed by atoms with van der Waals surface area (Å²) in [6.07, 6.45) is 2.90. The van der Waals surface area contributed by atoms with Gasteiger partial charge in [-0.05, 0) is 50.5 Å². The standard InChI is InChI=1S/C34H37ClN10O6S/c1-34(37)10-14-44(15-11-34)23-17-40-31(29(36)42-23)52-22-7-3-6-20(28(22)35)41-26(48)16-25(47)39-13-12-38-19-5-2-4-18-27(19)33(51)45(32(18)50)21-8-9-24(46)43-30(21)49/h2-7,17,21,38H,8-16,37H2,1H3,(H2,36,42)(H,39,47)(H,41,48)(H,43,46,49). The molecule has 4 heterocycles. The molecule has 0 spiro atoms. The first-order valence-electron chi connectivity index (χ1n) is 16.6. The van der Waals surface area contributed by atoms with Gasteiger partial charge in [-0.15, -0.1) is 0 Å². The maximum Gasteiger partial charge on any atom is 0.264 e. The molecule has 2 fully saturated rings. The van der Waals surface area contributed by atoms with Crippen LogP contribution in [0.4, 0.5) is 23.0 Å². The van der Waals surface area contributed by atoms with E-state index in [1.165, 1.54) is 17.8 Å². The lowest BCUT2D eigenvalue weighted by molar-refractivity contribution is -0.136. The van der Waals surface area contributed by atoms with Gasteiger partial charge < -0.3 is 32.3 Å². The van der Waals surface area contributed by atoms with Crippen LogP contribution in [0.2, 0.25) is 5.02 Å². The Morgan fingerprint density at radius 2 is 1.77 bits per heavy atom. The lowest BCUT2D eigenvalue weighted by Crippen LogP contribution is -2.54. The maximum absolute atomic E-state index is 13.3. The van der Waals surface area contributed by atoms with Crippen molar-refractivity contribution < 1.29 is 28.8 Å². The summed E-state index contributed by atoms with van der Waals surface area (Å²) in [4.78, 5) is 88.1. The van der Waals surface area contributed by atoms with Gasteiger partial charge in [0.1, 0.15) is 23.3 Å². The molecule has 16 nitrogen and oxygen atoms in total. The number of carbonyl (C=O) groups is 6. The van der Waals surface area contributed by atoms with Crippen molar-refractivity contribution in [1.29, 1.82) is 0 Å². The van der Waals surface area contributed by atoms with E-state index < -0.39 is 47.9 Å². The number of nitrogen functional groups attached to an aromatic ring is 1. The number of anilines is 4. The highest BCUT2D eigenvalue weighted by Gasteiger charge is 2.45. The number of rotatable bonds is 11. The first-order chi connectivity index (χ1) is 24.8. The lowest BCUT2D eigenvalue weighted by Gasteiger charge is -2.37. The van der Waals surface area contributed by atoms with Crippen LogP contribution >= 0.6 is 23.4 Å². The van der Waals surface area contributed by atoms with Crippen LogP contribution in [0.5, 0.6) is 0 Å². The van der Waals surface area contributed by atoms with Crippen molar-refractivity contribution in [2.45, 2.75) is 60.5 Å². The van der Waals surface area contributed by atoms with E-state index in [2.05, 4.69) is 36.1 Å². The molecule has 0 aliphatic carbocycles. The fourth-order valence-electron chi connectivity index (χ4n) is 6.11. The van der Waals surface area contributed by atoms with Gasteiger partial charge in [0.05, 0.1) is 28.0 Å². The minimum atomic E-state index is -1.08. The molecule has 1 aromatic heterocycles. The van der Waals surface area contributed by atoms with Gasteiger partial charge in [0.25, 0.3) is 11.8 Å². The number of halogens is 1. The van der Waals surface area contributed by atoms with E-state index in [0.717, 1.165) is 30.8 Å². The number of fused-ring (bicyclic) bond motifs is 1. The average molecular weight is 749 g/mol. The minimum absolute atomic E-state index is 0.0147. The Morgan fingerprint density at radius 1 is 1.04 bits per heavy atom. The van der Waals surface area contributed by atoms with E-state index in [4.69, 9.17) is 23.1 Å². The highest BCUT2D eigenvalue weighted by atomic mass is 35.5. The van der Waals surface area contributed by atoms with Gasteiger partial charge in [-0.25, -0.2) is 9.97 Å². The molecule has 0 saturated carbocycles. The van der Waals surface area contributed by atoms with Crippen LogP contribution in [-0.4, -0.2) is 88.1 Å². The van der Waals surface area contributed by atoms with Crippen molar-refractivity contribution in [3.8, 4) is 0 Å². The van der Waals surface area contributed by atoms with E-state index in [9.17, 15) is 28.8 Å². The van der Waals surface area contributed by atoms with E-state index in [0.29, 0.717) is 27.1 Å². The first kappa shape index (κ1) is 36.5. The Kier molecular flexibility index (Phi) is 10.6. The summed E-state index contributed by atoms with van der Waals surface area (Å²) in [5.74, 6) is -2.66. The molecular formula is C34H37ClN10O6S. The van der Waals surface area contributed by atoms with E-state index in [1.807, 2.05) is 6.92 Å². The van der Waals surface area contributed by atoms with Gasteiger partial charge in [-0.3, -0.25) is 39.0 Å². The summed E-state index contributed by atoms with van der Waals surface area (Å²) in [6, 6.07) is 8.66. The van der Waals surface area contributed by atoms with Gasteiger partial charge >= 0.3 is 0 Å². The summed E-state index contributed by atoms with van der Waals surface area (Å²) >= 11 is 7.82. The highest BCUT2D eigenvalue weighted by molar-refractivity contribution is 7.99. The molecular weight excluding hydrogens is 712 g/mol. The Hall–Kier alpha value is -5.26. The molecule has 52 heavy (non-hydrogen) atoms. The van der Waals surface area contributed by atoms with Crippen molar-refractivity contribution in [2.75, 3.05) is 47.4 Å². The normalized spacial score (nSPS) is 18.2. The van der Waals surface area contributed by atoms with Gasteiger partial charge in [0.2, 0.25) is 23.6 Å². The van der Waals surface area contributed by atoms with E-state index in [-0.39, 0.29) is 53.4 Å².